The summed E-state index contributed by atoms with van der Waals surface area (Å²) in [6.07, 6.45) is 0.634. The SMILES string of the molecule is Cc1cc(CC(=O)N2CCc3[nH]nc(C4COc5ccccc5O4)c3C2)on1. The van der Waals surface area contributed by atoms with Gasteiger partial charge < -0.3 is 18.9 Å². The molecule has 1 unspecified atom stereocenters. The average Bonchev–Trinajstić information content (AvgIpc) is 3.33. The number of amides is 1. The van der Waals surface area contributed by atoms with Gasteiger partial charge in [0.25, 0.3) is 0 Å². The van der Waals surface area contributed by atoms with Gasteiger partial charge in [-0.2, -0.15) is 5.10 Å². The minimum absolute atomic E-state index is 0.0140. The predicted molar refractivity (Wildman–Crippen MR) is 98.0 cm³/mol. The fourth-order valence-electron chi connectivity index (χ4n) is 3.71. The van der Waals surface area contributed by atoms with Crippen LogP contribution < -0.4 is 9.47 Å². The van der Waals surface area contributed by atoms with Crippen LogP contribution >= 0.6 is 0 Å². The zero-order valence-corrected chi connectivity index (χ0v) is 15.5. The lowest BCUT2D eigenvalue weighted by Crippen LogP contribution is -2.37. The lowest BCUT2D eigenvalue weighted by atomic mass is 10.0. The molecule has 0 saturated carbocycles. The number of aryl methyl sites for hydroxylation is 1. The van der Waals surface area contributed by atoms with Crippen molar-refractivity contribution < 1.29 is 18.8 Å². The van der Waals surface area contributed by atoms with Gasteiger partial charge in [-0.15, -0.1) is 0 Å². The summed E-state index contributed by atoms with van der Waals surface area (Å²) in [5.41, 5.74) is 3.64. The largest absolute Gasteiger partial charge is 0.485 e. The van der Waals surface area contributed by atoms with E-state index in [-0.39, 0.29) is 18.4 Å². The van der Waals surface area contributed by atoms with Gasteiger partial charge >= 0.3 is 0 Å². The normalized spacial score (nSPS) is 18.0. The first-order chi connectivity index (χ1) is 13.7. The number of H-pyrrole nitrogens is 1. The van der Waals surface area contributed by atoms with Crippen molar-refractivity contribution in [1.82, 2.24) is 20.3 Å². The summed E-state index contributed by atoms with van der Waals surface area (Å²) in [6, 6.07) is 9.39. The molecule has 2 aromatic heterocycles. The highest BCUT2D eigenvalue weighted by atomic mass is 16.6. The Labute approximate surface area is 161 Å². The number of hydrogen-bond acceptors (Lipinski definition) is 6. The number of para-hydroxylation sites is 2. The molecule has 0 spiro atoms. The number of carbonyl (C=O) groups is 1. The van der Waals surface area contributed by atoms with Gasteiger partial charge in [-0.25, -0.2) is 0 Å². The van der Waals surface area contributed by atoms with E-state index < -0.39 is 0 Å². The lowest BCUT2D eigenvalue weighted by molar-refractivity contribution is -0.131. The van der Waals surface area contributed by atoms with Gasteiger partial charge in [0.15, 0.2) is 17.6 Å². The van der Waals surface area contributed by atoms with Gasteiger partial charge in [-0.1, -0.05) is 17.3 Å². The van der Waals surface area contributed by atoms with Gasteiger partial charge in [-0.3, -0.25) is 9.89 Å². The molecule has 1 amide bonds. The summed E-state index contributed by atoms with van der Waals surface area (Å²) >= 11 is 0. The van der Waals surface area contributed by atoms with Gasteiger partial charge in [0, 0.05) is 36.8 Å². The first-order valence-electron chi connectivity index (χ1n) is 9.32. The molecule has 3 aromatic rings. The topological polar surface area (TPSA) is 93.5 Å². The van der Waals surface area contributed by atoms with Crippen molar-refractivity contribution in [3.05, 3.63) is 58.7 Å². The lowest BCUT2D eigenvalue weighted by Gasteiger charge is -2.29. The Hall–Kier alpha value is -3.29. The van der Waals surface area contributed by atoms with Crippen LogP contribution in [-0.4, -0.2) is 39.3 Å². The van der Waals surface area contributed by atoms with E-state index in [1.807, 2.05) is 36.1 Å². The minimum atomic E-state index is -0.304. The van der Waals surface area contributed by atoms with Crippen molar-refractivity contribution >= 4 is 5.91 Å². The average molecular weight is 380 g/mol. The maximum Gasteiger partial charge on any atom is 0.230 e. The van der Waals surface area contributed by atoms with E-state index in [4.69, 9.17) is 14.0 Å². The number of carbonyl (C=O) groups excluding carboxylic acids is 1. The summed E-state index contributed by atoms with van der Waals surface area (Å²) in [5, 5.41) is 11.4. The molecule has 0 aliphatic carbocycles. The summed E-state index contributed by atoms with van der Waals surface area (Å²) in [5.74, 6) is 2.05. The van der Waals surface area contributed by atoms with E-state index in [1.165, 1.54) is 0 Å². The second-order valence-corrected chi connectivity index (χ2v) is 7.11. The van der Waals surface area contributed by atoms with E-state index in [2.05, 4.69) is 15.4 Å². The van der Waals surface area contributed by atoms with Crippen LogP contribution in [0, 0.1) is 6.92 Å². The van der Waals surface area contributed by atoms with Crippen LogP contribution in [0.1, 0.15) is 34.5 Å². The molecule has 2 aliphatic rings. The maximum atomic E-state index is 12.7. The van der Waals surface area contributed by atoms with Crippen LogP contribution in [0.15, 0.2) is 34.9 Å². The molecule has 5 rings (SSSR count). The van der Waals surface area contributed by atoms with Crippen molar-refractivity contribution in [1.29, 1.82) is 0 Å². The minimum Gasteiger partial charge on any atom is -0.485 e. The number of nitrogens with zero attached hydrogens (tertiary/aromatic N) is 3. The fraction of sp³-hybridized carbons (Fsp3) is 0.350. The van der Waals surface area contributed by atoms with E-state index in [0.717, 1.165) is 34.8 Å². The molecular formula is C20H20N4O4. The summed E-state index contributed by atoms with van der Waals surface area (Å²) < 4.78 is 17.1. The van der Waals surface area contributed by atoms with E-state index in [1.54, 1.807) is 6.07 Å². The van der Waals surface area contributed by atoms with Crippen molar-refractivity contribution in [2.75, 3.05) is 13.2 Å². The highest BCUT2D eigenvalue weighted by Crippen LogP contribution is 2.37. The molecule has 1 atom stereocenters. The molecule has 2 aliphatic heterocycles. The second-order valence-electron chi connectivity index (χ2n) is 7.11. The number of hydrogen-bond donors (Lipinski definition) is 1. The first kappa shape index (κ1) is 16.9. The Bertz CT molecular complexity index is 1020. The van der Waals surface area contributed by atoms with Crippen LogP contribution in [0.25, 0.3) is 0 Å². The van der Waals surface area contributed by atoms with Crippen molar-refractivity contribution in [2.24, 2.45) is 0 Å². The Balaban J connectivity index is 1.34. The quantitative estimate of drug-likeness (QED) is 0.750. The Kier molecular flexibility index (Phi) is 4.03. The monoisotopic (exact) mass is 380 g/mol. The number of nitrogens with one attached hydrogen (secondary N) is 1. The summed E-state index contributed by atoms with van der Waals surface area (Å²) in [6.45, 7) is 3.37. The van der Waals surface area contributed by atoms with E-state index in [9.17, 15) is 4.79 Å². The molecule has 0 fully saturated rings. The molecule has 0 bridgehead atoms. The van der Waals surface area contributed by atoms with Gasteiger partial charge in [-0.05, 0) is 19.1 Å². The number of fused-ring (bicyclic) bond motifs is 2. The third kappa shape index (κ3) is 3.00. The Morgan fingerprint density at radius 1 is 1.32 bits per heavy atom. The smallest absolute Gasteiger partial charge is 0.230 e. The molecule has 1 aromatic carbocycles. The molecule has 0 radical (unpaired) electrons. The highest BCUT2D eigenvalue weighted by Gasteiger charge is 2.32. The van der Waals surface area contributed by atoms with Crippen LogP contribution in [0.3, 0.4) is 0 Å². The van der Waals surface area contributed by atoms with Crippen molar-refractivity contribution in [3.63, 3.8) is 0 Å². The molecule has 8 nitrogen and oxygen atoms in total. The Morgan fingerprint density at radius 3 is 3.00 bits per heavy atom. The molecular weight excluding hydrogens is 360 g/mol. The van der Waals surface area contributed by atoms with Gasteiger partial charge in [0.1, 0.15) is 18.1 Å². The van der Waals surface area contributed by atoms with Crippen LogP contribution in [0.5, 0.6) is 11.5 Å². The van der Waals surface area contributed by atoms with Crippen molar-refractivity contribution in [2.45, 2.75) is 32.4 Å². The van der Waals surface area contributed by atoms with E-state index >= 15 is 0 Å². The van der Waals surface area contributed by atoms with Crippen LogP contribution in [-0.2, 0) is 24.2 Å². The molecule has 4 heterocycles. The Morgan fingerprint density at radius 2 is 2.18 bits per heavy atom. The van der Waals surface area contributed by atoms with Crippen LogP contribution in [0.4, 0.5) is 0 Å². The number of ether oxygens (including phenoxy) is 2. The standard InChI is InChI=1S/C20H20N4O4/c1-12-8-13(28-23-12)9-19(25)24-7-6-15-14(10-24)20(22-21-15)18-11-26-16-4-2-3-5-17(16)27-18/h2-5,8,18H,6-7,9-11H2,1H3,(H,21,22). The third-order valence-corrected chi connectivity index (χ3v) is 5.13. The van der Waals surface area contributed by atoms with Gasteiger partial charge in [0.2, 0.25) is 5.91 Å². The second kappa shape index (κ2) is 6.70. The molecule has 28 heavy (non-hydrogen) atoms. The first-order valence-corrected chi connectivity index (χ1v) is 9.32. The van der Waals surface area contributed by atoms with Crippen molar-refractivity contribution in [3.8, 4) is 11.5 Å². The summed E-state index contributed by atoms with van der Waals surface area (Å²) in [7, 11) is 0. The number of aromatic nitrogens is 3. The maximum absolute atomic E-state index is 12.7. The molecule has 144 valence electrons. The number of rotatable bonds is 3. The zero-order chi connectivity index (χ0) is 19.1. The molecule has 8 heteroatoms. The zero-order valence-electron chi connectivity index (χ0n) is 15.5. The fourth-order valence-corrected chi connectivity index (χ4v) is 3.71. The van der Waals surface area contributed by atoms with Gasteiger partial charge in [0.05, 0.1) is 12.1 Å². The highest BCUT2D eigenvalue weighted by molar-refractivity contribution is 5.78. The number of aromatic amines is 1. The predicted octanol–water partition coefficient (Wildman–Crippen LogP) is 2.35. The number of benzene rings is 1. The summed E-state index contributed by atoms with van der Waals surface area (Å²) in [4.78, 5) is 14.5. The van der Waals surface area contributed by atoms with E-state index in [0.29, 0.717) is 31.2 Å². The third-order valence-electron chi connectivity index (χ3n) is 5.13. The van der Waals surface area contributed by atoms with Crippen LogP contribution in [0.2, 0.25) is 0 Å². The molecule has 1 N–H and O–H groups in total. The molecule has 0 saturated heterocycles.